The number of hydrogen-bond acceptors (Lipinski definition) is 5. The van der Waals surface area contributed by atoms with E-state index in [2.05, 4.69) is 31.4 Å². The molecule has 1 amide bonds. The molecular weight excluding hydrogens is 356 g/mol. The monoisotopic (exact) mass is 370 g/mol. The van der Waals surface area contributed by atoms with Gasteiger partial charge in [0.1, 0.15) is 18.4 Å². The lowest BCUT2D eigenvalue weighted by molar-refractivity contribution is -0.385. The van der Waals surface area contributed by atoms with Gasteiger partial charge in [0.2, 0.25) is 5.91 Å². The van der Waals surface area contributed by atoms with Crippen molar-refractivity contribution in [3.05, 3.63) is 38.9 Å². The first-order valence-corrected chi connectivity index (χ1v) is 7.36. The topological polar surface area (TPSA) is 108 Å². The second-order valence-corrected chi connectivity index (χ2v) is 5.49. The van der Waals surface area contributed by atoms with E-state index < -0.39 is 11.0 Å². The van der Waals surface area contributed by atoms with Crippen molar-refractivity contribution in [2.24, 2.45) is 7.05 Å². The Morgan fingerprint density at radius 2 is 2.23 bits per heavy atom. The van der Waals surface area contributed by atoms with Gasteiger partial charge in [-0.25, -0.2) is 0 Å². The Hall–Kier alpha value is -2.23. The predicted molar refractivity (Wildman–Crippen MR) is 81.0 cm³/mol. The third kappa shape index (κ3) is 3.32. The number of nitrogens with one attached hydrogen (secondary N) is 1. The maximum Gasteiger partial charge on any atom is 0.307 e. The summed E-state index contributed by atoms with van der Waals surface area (Å²) in [7, 11) is 1.78. The second-order valence-electron chi connectivity index (χ2n) is 4.64. The Balaban J connectivity index is 2.07. The Bertz CT molecular complexity index is 675. The molecule has 118 valence electrons. The molecule has 2 aromatic rings. The van der Waals surface area contributed by atoms with Crippen molar-refractivity contribution in [3.63, 3.8) is 0 Å². The summed E-state index contributed by atoms with van der Waals surface area (Å²) in [5.41, 5.74) is 0.690. The van der Waals surface area contributed by atoms with Gasteiger partial charge in [0, 0.05) is 7.05 Å². The summed E-state index contributed by atoms with van der Waals surface area (Å²) in [6.07, 6.45) is 4.51. The Morgan fingerprint density at radius 1 is 1.50 bits per heavy atom. The number of aryl methyl sites for hydroxylation is 1. The van der Waals surface area contributed by atoms with E-state index in [1.807, 2.05) is 6.92 Å². The van der Waals surface area contributed by atoms with Crippen LogP contribution >= 0.6 is 15.9 Å². The van der Waals surface area contributed by atoms with Gasteiger partial charge in [-0.3, -0.25) is 24.3 Å². The molecule has 0 radical (unpaired) electrons. The molecule has 22 heavy (non-hydrogen) atoms. The van der Waals surface area contributed by atoms with Gasteiger partial charge in [0.05, 0.1) is 27.8 Å². The van der Waals surface area contributed by atoms with Crippen molar-refractivity contribution in [3.8, 4) is 0 Å². The molecule has 10 heteroatoms. The number of halogens is 1. The van der Waals surface area contributed by atoms with E-state index in [1.54, 1.807) is 17.9 Å². The van der Waals surface area contributed by atoms with Gasteiger partial charge >= 0.3 is 5.69 Å². The lowest BCUT2D eigenvalue weighted by Gasteiger charge is -2.15. The first kappa shape index (κ1) is 16.1. The van der Waals surface area contributed by atoms with Gasteiger partial charge in [-0.15, -0.1) is 0 Å². The molecule has 0 saturated carbocycles. The number of carbonyl (C=O) groups excluding carboxylic acids is 1. The number of nitrogens with zero attached hydrogens (tertiary/aromatic N) is 5. The zero-order valence-corrected chi connectivity index (χ0v) is 13.6. The van der Waals surface area contributed by atoms with Crippen LogP contribution in [0.1, 0.15) is 25.1 Å². The third-order valence-corrected chi connectivity index (χ3v) is 3.91. The van der Waals surface area contributed by atoms with E-state index in [0.29, 0.717) is 13.0 Å². The molecule has 9 nitrogen and oxygen atoms in total. The van der Waals surface area contributed by atoms with Crippen LogP contribution in [0.4, 0.5) is 5.69 Å². The van der Waals surface area contributed by atoms with Crippen LogP contribution in [0.15, 0.2) is 23.1 Å². The van der Waals surface area contributed by atoms with E-state index in [1.165, 1.54) is 10.9 Å². The molecule has 2 rings (SSSR count). The van der Waals surface area contributed by atoms with Crippen LogP contribution < -0.4 is 5.32 Å². The fraction of sp³-hybridized carbons (Fsp3) is 0.417. The number of carbonyl (C=O) groups is 1. The molecule has 1 atom stereocenters. The summed E-state index contributed by atoms with van der Waals surface area (Å²) in [5, 5.41) is 21.4. The van der Waals surface area contributed by atoms with Gasteiger partial charge in [0.25, 0.3) is 0 Å². The van der Waals surface area contributed by atoms with E-state index >= 15 is 0 Å². The molecule has 0 fully saturated rings. The molecule has 0 spiro atoms. The second kappa shape index (κ2) is 6.69. The Morgan fingerprint density at radius 3 is 2.73 bits per heavy atom. The molecule has 2 aromatic heterocycles. The lowest BCUT2D eigenvalue weighted by Crippen LogP contribution is -2.32. The fourth-order valence-corrected chi connectivity index (χ4v) is 2.50. The van der Waals surface area contributed by atoms with E-state index in [0.717, 1.165) is 16.4 Å². The number of hydrogen-bond donors (Lipinski definition) is 1. The quantitative estimate of drug-likeness (QED) is 0.612. The molecular formula is C12H15BrN6O3. The summed E-state index contributed by atoms with van der Waals surface area (Å²) in [6, 6.07) is -0.597. The SMILES string of the molecule is CCC(C(=O)NCc1c(Br)cnn1C)n1cc([N+](=O)[O-])cn1. The maximum atomic E-state index is 12.3. The third-order valence-electron chi connectivity index (χ3n) is 3.25. The summed E-state index contributed by atoms with van der Waals surface area (Å²) < 4.78 is 3.77. The number of aromatic nitrogens is 4. The highest BCUT2D eigenvalue weighted by Crippen LogP contribution is 2.17. The molecule has 0 aliphatic rings. The normalized spacial score (nSPS) is 12.1. The minimum Gasteiger partial charge on any atom is -0.349 e. The standard InChI is InChI=1S/C12H15BrN6O3/c1-3-10(18-7-8(4-16-18)19(21)22)12(20)14-6-11-9(13)5-15-17(11)2/h4-5,7,10H,3,6H2,1-2H3,(H,14,20). The van der Waals surface area contributed by atoms with Crippen molar-refractivity contribution in [1.29, 1.82) is 0 Å². The minimum absolute atomic E-state index is 0.138. The van der Waals surface area contributed by atoms with Crippen LogP contribution in [-0.4, -0.2) is 30.4 Å². The van der Waals surface area contributed by atoms with Gasteiger partial charge in [-0.1, -0.05) is 6.92 Å². The molecule has 0 aromatic carbocycles. The smallest absolute Gasteiger partial charge is 0.307 e. The van der Waals surface area contributed by atoms with Crippen molar-refractivity contribution in [1.82, 2.24) is 24.9 Å². The predicted octanol–water partition coefficient (Wildman–Crippen LogP) is 1.55. The summed E-state index contributed by atoms with van der Waals surface area (Å²) >= 11 is 3.36. The van der Waals surface area contributed by atoms with Crippen LogP contribution in [0.25, 0.3) is 0 Å². The molecule has 0 saturated heterocycles. The number of amides is 1. The summed E-state index contributed by atoms with van der Waals surface area (Å²) in [5.74, 6) is -0.256. The average molecular weight is 371 g/mol. The zero-order valence-electron chi connectivity index (χ0n) is 12.1. The van der Waals surface area contributed by atoms with Crippen LogP contribution in [-0.2, 0) is 18.4 Å². The number of rotatable bonds is 6. The molecule has 1 unspecified atom stereocenters. The highest BCUT2D eigenvalue weighted by Gasteiger charge is 2.22. The van der Waals surface area contributed by atoms with Crippen LogP contribution in [0.2, 0.25) is 0 Å². The van der Waals surface area contributed by atoms with E-state index in [-0.39, 0.29) is 11.6 Å². The Labute approximate surface area is 134 Å². The maximum absolute atomic E-state index is 12.3. The number of nitro groups is 1. The van der Waals surface area contributed by atoms with Gasteiger partial charge < -0.3 is 5.32 Å². The molecule has 0 aliphatic carbocycles. The van der Waals surface area contributed by atoms with Crippen LogP contribution in [0.3, 0.4) is 0 Å². The molecule has 0 aliphatic heterocycles. The van der Waals surface area contributed by atoms with Crippen LogP contribution in [0.5, 0.6) is 0 Å². The van der Waals surface area contributed by atoms with Crippen molar-refractivity contribution in [2.75, 3.05) is 0 Å². The molecule has 1 N–H and O–H groups in total. The van der Waals surface area contributed by atoms with Crippen molar-refractivity contribution < 1.29 is 9.72 Å². The van der Waals surface area contributed by atoms with E-state index in [4.69, 9.17) is 0 Å². The lowest BCUT2D eigenvalue weighted by atomic mass is 10.2. The van der Waals surface area contributed by atoms with E-state index in [9.17, 15) is 14.9 Å². The highest BCUT2D eigenvalue weighted by molar-refractivity contribution is 9.10. The van der Waals surface area contributed by atoms with Gasteiger partial charge in [0.15, 0.2) is 0 Å². The molecule has 2 heterocycles. The van der Waals surface area contributed by atoms with Crippen molar-refractivity contribution >= 4 is 27.5 Å². The van der Waals surface area contributed by atoms with Gasteiger partial charge in [-0.2, -0.15) is 10.2 Å². The minimum atomic E-state index is -0.597. The Kier molecular flexibility index (Phi) is 4.91. The van der Waals surface area contributed by atoms with Crippen LogP contribution in [0, 0.1) is 10.1 Å². The average Bonchev–Trinajstić information content (AvgIpc) is 3.06. The highest BCUT2D eigenvalue weighted by atomic mass is 79.9. The summed E-state index contributed by atoms with van der Waals surface area (Å²) in [6.45, 7) is 2.12. The molecule has 0 bridgehead atoms. The zero-order chi connectivity index (χ0) is 16.3. The first-order chi connectivity index (χ1) is 10.4. The fourth-order valence-electron chi connectivity index (χ4n) is 2.01. The van der Waals surface area contributed by atoms with Crippen molar-refractivity contribution in [2.45, 2.75) is 25.9 Å². The summed E-state index contributed by atoms with van der Waals surface area (Å²) in [4.78, 5) is 22.4. The first-order valence-electron chi connectivity index (χ1n) is 6.56. The largest absolute Gasteiger partial charge is 0.349 e. The van der Waals surface area contributed by atoms with Gasteiger partial charge in [-0.05, 0) is 22.4 Å².